The molecule has 0 atom stereocenters. The smallest absolute Gasteiger partial charge is 0.152 e. The second-order valence-corrected chi connectivity index (χ2v) is 3.71. The van der Waals surface area contributed by atoms with E-state index in [1.54, 1.807) is 4.52 Å². The molecule has 0 bridgehead atoms. The Labute approximate surface area is 97.7 Å². The third-order valence-electron chi connectivity index (χ3n) is 2.63. The summed E-state index contributed by atoms with van der Waals surface area (Å²) in [5, 5.41) is 4.05. The molecule has 4 N–H and O–H groups in total. The molecule has 5 nitrogen and oxygen atoms in total. The van der Waals surface area contributed by atoms with Crippen molar-refractivity contribution >= 4 is 17.0 Å². The highest BCUT2D eigenvalue weighted by molar-refractivity contribution is 5.87. The molecule has 0 aliphatic heterocycles. The van der Waals surface area contributed by atoms with Crippen LogP contribution < -0.4 is 11.5 Å². The summed E-state index contributed by atoms with van der Waals surface area (Å²) < 4.78 is 1.59. The molecule has 2 aromatic heterocycles. The number of nitrogens with two attached hydrogens (primary N) is 2. The number of nitrogens with zero attached hydrogens (tertiary/aromatic N) is 3. The summed E-state index contributed by atoms with van der Waals surface area (Å²) in [6, 6.07) is 9.40. The Morgan fingerprint density at radius 1 is 1.12 bits per heavy atom. The molecule has 3 rings (SSSR count). The van der Waals surface area contributed by atoms with Crippen molar-refractivity contribution in [2.24, 2.45) is 0 Å². The molecule has 17 heavy (non-hydrogen) atoms. The highest BCUT2D eigenvalue weighted by Gasteiger charge is 2.09. The van der Waals surface area contributed by atoms with Gasteiger partial charge in [0.15, 0.2) is 5.82 Å². The number of rotatable bonds is 1. The van der Waals surface area contributed by atoms with E-state index < -0.39 is 0 Å². The van der Waals surface area contributed by atoms with E-state index in [0.29, 0.717) is 5.82 Å². The van der Waals surface area contributed by atoms with Gasteiger partial charge in [0.2, 0.25) is 0 Å². The third-order valence-corrected chi connectivity index (χ3v) is 2.63. The van der Waals surface area contributed by atoms with Crippen LogP contribution in [0.5, 0.6) is 0 Å². The van der Waals surface area contributed by atoms with Gasteiger partial charge in [-0.05, 0) is 23.8 Å². The standard InChI is InChI=1S/C12H10N5/c13-9-3-1-8(2-4-9)10-5-6-17-11(10)12(14)15-7-16-17/h1-5,7H,13H2,(H2,14,15,16). The molecule has 0 aliphatic carbocycles. The van der Waals surface area contributed by atoms with E-state index in [1.807, 2.05) is 30.3 Å². The topological polar surface area (TPSA) is 82.2 Å². The molecule has 0 amide bonds. The van der Waals surface area contributed by atoms with Gasteiger partial charge in [-0.15, -0.1) is 0 Å². The summed E-state index contributed by atoms with van der Waals surface area (Å²) >= 11 is 0. The summed E-state index contributed by atoms with van der Waals surface area (Å²) in [5.41, 5.74) is 15.0. The quantitative estimate of drug-likeness (QED) is 0.611. The van der Waals surface area contributed by atoms with E-state index in [4.69, 9.17) is 11.5 Å². The first-order valence-corrected chi connectivity index (χ1v) is 5.11. The normalized spacial score (nSPS) is 10.8. The molecule has 0 unspecified atom stereocenters. The van der Waals surface area contributed by atoms with Crippen LogP contribution in [0.2, 0.25) is 0 Å². The Hall–Kier alpha value is -2.56. The van der Waals surface area contributed by atoms with Gasteiger partial charge in [-0.3, -0.25) is 0 Å². The Kier molecular flexibility index (Phi) is 1.98. The lowest BCUT2D eigenvalue weighted by Gasteiger charge is -2.02. The van der Waals surface area contributed by atoms with Crippen LogP contribution in [0, 0.1) is 6.20 Å². The maximum absolute atomic E-state index is 5.85. The second-order valence-electron chi connectivity index (χ2n) is 3.71. The lowest BCUT2D eigenvalue weighted by atomic mass is 10.1. The molecule has 3 aromatic rings. The Morgan fingerprint density at radius 2 is 1.88 bits per heavy atom. The number of hydrogen-bond donors (Lipinski definition) is 2. The number of hydrogen-bond acceptors (Lipinski definition) is 4. The number of fused-ring (bicyclic) bond motifs is 1. The lowest BCUT2D eigenvalue weighted by Crippen LogP contribution is -1.98. The van der Waals surface area contributed by atoms with Gasteiger partial charge in [0.05, 0.1) is 6.20 Å². The van der Waals surface area contributed by atoms with Crippen LogP contribution in [0.3, 0.4) is 0 Å². The van der Waals surface area contributed by atoms with Crippen molar-refractivity contribution in [3.8, 4) is 11.1 Å². The fourth-order valence-corrected chi connectivity index (χ4v) is 1.79. The molecule has 5 heteroatoms. The van der Waals surface area contributed by atoms with Crippen LogP contribution in [0.15, 0.2) is 36.7 Å². The zero-order valence-electron chi connectivity index (χ0n) is 8.96. The average Bonchev–Trinajstić information content (AvgIpc) is 2.75. The first-order valence-electron chi connectivity index (χ1n) is 5.11. The molecule has 0 saturated heterocycles. The summed E-state index contributed by atoms with van der Waals surface area (Å²) in [6.45, 7) is 0. The van der Waals surface area contributed by atoms with Crippen LogP contribution >= 0.6 is 0 Å². The monoisotopic (exact) mass is 224 g/mol. The molecule has 2 heterocycles. The SMILES string of the molecule is Nc1ccc(-c2c[c]n3ncnc(N)c23)cc1. The van der Waals surface area contributed by atoms with Gasteiger partial charge >= 0.3 is 0 Å². The molecule has 0 spiro atoms. The van der Waals surface area contributed by atoms with E-state index in [0.717, 1.165) is 22.3 Å². The molecular weight excluding hydrogens is 214 g/mol. The first-order chi connectivity index (χ1) is 8.25. The van der Waals surface area contributed by atoms with Crippen molar-refractivity contribution in [3.63, 3.8) is 0 Å². The van der Waals surface area contributed by atoms with E-state index in [2.05, 4.69) is 16.3 Å². The van der Waals surface area contributed by atoms with E-state index in [1.165, 1.54) is 6.33 Å². The van der Waals surface area contributed by atoms with Crippen LogP contribution in [0.1, 0.15) is 0 Å². The fraction of sp³-hybridized carbons (Fsp3) is 0. The van der Waals surface area contributed by atoms with E-state index in [9.17, 15) is 0 Å². The molecule has 1 aromatic carbocycles. The van der Waals surface area contributed by atoms with Crippen LogP contribution in [-0.2, 0) is 0 Å². The number of benzene rings is 1. The summed E-state index contributed by atoms with van der Waals surface area (Å²) in [6.07, 6.45) is 4.40. The molecule has 0 saturated carbocycles. The highest BCUT2D eigenvalue weighted by atomic mass is 15.2. The van der Waals surface area contributed by atoms with Crippen molar-refractivity contribution in [3.05, 3.63) is 42.9 Å². The highest BCUT2D eigenvalue weighted by Crippen LogP contribution is 2.27. The van der Waals surface area contributed by atoms with Gasteiger partial charge < -0.3 is 11.5 Å². The maximum atomic E-state index is 5.85. The van der Waals surface area contributed by atoms with Crippen molar-refractivity contribution < 1.29 is 0 Å². The van der Waals surface area contributed by atoms with Crippen molar-refractivity contribution in [2.45, 2.75) is 0 Å². The number of nitrogen functional groups attached to an aromatic ring is 2. The number of aromatic nitrogens is 3. The van der Waals surface area contributed by atoms with E-state index in [-0.39, 0.29) is 0 Å². The van der Waals surface area contributed by atoms with Crippen LogP contribution in [-0.4, -0.2) is 14.6 Å². The van der Waals surface area contributed by atoms with Gasteiger partial charge in [-0.25, -0.2) is 9.50 Å². The third kappa shape index (κ3) is 1.48. The van der Waals surface area contributed by atoms with Gasteiger partial charge in [-0.1, -0.05) is 12.1 Å². The fourth-order valence-electron chi connectivity index (χ4n) is 1.79. The predicted molar refractivity (Wildman–Crippen MR) is 66.1 cm³/mol. The zero-order valence-corrected chi connectivity index (χ0v) is 8.96. The summed E-state index contributed by atoms with van der Waals surface area (Å²) in [7, 11) is 0. The van der Waals surface area contributed by atoms with Gasteiger partial charge in [-0.2, -0.15) is 5.10 Å². The second kappa shape index (κ2) is 3.48. The minimum atomic E-state index is 0.438. The Morgan fingerprint density at radius 3 is 2.65 bits per heavy atom. The van der Waals surface area contributed by atoms with Gasteiger partial charge in [0, 0.05) is 11.3 Å². The number of anilines is 2. The predicted octanol–water partition coefficient (Wildman–Crippen LogP) is 1.36. The minimum absolute atomic E-state index is 0.438. The van der Waals surface area contributed by atoms with Crippen molar-refractivity contribution in [2.75, 3.05) is 11.5 Å². The average molecular weight is 224 g/mol. The van der Waals surface area contributed by atoms with Gasteiger partial charge in [0.1, 0.15) is 11.8 Å². The first kappa shape index (κ1) is 9.65. The molecule has 0 aliphatic rings. The Balaban J connectivity index is 2.27. The van der Waals surface area contributed by atoms with Crippen LogP contribution in [0.25, 0.3) is 16.6 Å². The minimum Gasteiger partial charge on any atom is -0.399 e. The van der Waals surface area contributed by atoms with Crippen molar-refractivity contribution in [1.82, 2.24) is 14.6 Å². The summed E-state index contributed by atoms with van der Waals surface area (Å²) in [5.74, 6) is 0.438. The van der Waals surface area contributed by atoms with Crippen molar-refractivity contribution in [1.29, 1.82) is 0 Å². The largest absolute Gasteiger partial charge is 0.399 e. The molecule has 1 radical (unpaired) electrons. The summed E-state index contributed by atoms with van der Waals surface area (Å²) in [4.78, 5) is 3.98. The molecule has 0 fully saturated rings. The molecular formula is C12H10N5. The Bertz CT molecular complexity index is 669. The lowest BCUT2D eigenvalue weighted by molar-refractivity contribution is 0.902. The maximum Gasteiger partial charge on any atom is 0.152 e. The van der Waals surface area contributed by atoms with Gasteiger partial charge in [0.25, 0.3) is 0 Å². The van der Waals surface area contributed by atoms with Crippen LogP contribution in [0.4, 0.5) is 11.5 Å². The molecule has 83 valence electrons. The zero-order chi connectivity index (χ0) is 11.8. The van der Waals surface area contributed by atoms with E-state index >= 15 is 0 Å².